The van der Waals surface area contributed by atoms with Crippen LogP contribution in [0.15, 0.2) is 18.2 Å². The smallest absolute Gasteiger partial charge is 0.257 e. The Morgan fingerprint density at radius 1 is 1.48 bits per heavy atom. The highest BCUT2D eigenvalue weighted by molar-refractivity contribution is 5.98. The summed E-state index contributed by atoms with van der Waals surface area (Å²) >= 11 is 0. The van der Waals surface area contributed by atoms with E-state index >= 15 is 0 Å². The predicted octanol–water partition coefficient (Wildman–Crippen LogP) is 0.684. The molecule has 1 aliphatic rings. The van der Waals surface area contributed by atoms with Crippen LogP contribution in [0.5, 0.6) is 0 Å². The number of carbonyl (C=O) groups excluding carboxylic acids is 2. The van der Waals surface area contributed by atoms with Gasteiger partial charge in [-0.05, 0) is 25.5 Å². The van der Waals surface area contributed by atoms with Gasteiger partial charge in [-0.3, -0.25) is 9.59 Å². The fraction of sp³-hybridized carbons (Fsp3) is 0.467. The first kappa shape index (κ1) is 15.4. The van der Waals surface area contributed by atoms with E-state index in [0.29, 0.717) is 31.7 Å². The summed E-state index contributed by atoms with van der Waals surface area (Å²) in [5, 5.41) is 5.80. The minimum absolute atomic E-state index is 0.0196. The zero-order chi connectivity index (χ0) is 15.4. The Balaban J connectivity index is 2.26. The number of halogens is 1. The molecule has 2 N–H and O–H groups in total. The molecule has 6 heteroatoms. The predicted molar refractivity (Wildman–Crippen MR) is 77.5 cm³/mol. The van der Waals surface area contributed by atoms with E-state index in [-0.39, 0.29) is 11.5 Å². The van der Waals surface area contributed by atoms with Crippen LogP contribution < -0.4 is 10.6 Å². The van der Waals surface area contributed by atoms with Crippen molar-refractivity contribution in [1.82, 2.24) is 15.5 Å². The van der Waals surface area contributed by atoms with Crippen LogP contribution in [-0.4, -0.2) is 48.9 Å². The average Bonchev–Trinajstić information content (AvgIpc) is 2.49. The molecule has 0 aromatic heterocycles. The van der Waals surface area contributed by atoms with Crippen molar-refractivity contribution >= 4 is 11.8 Å². The molecule has 1 aromatic rings. The molecule has 1 fully saturated rings. The first-order valence-corrected chi connectivity index (χ1v) is 7.10. The number of aryl methyl sites for hydroxylation is 1. The third-order valence-electron chi connectivity index (χ3n) is 3.58. The Kier molecular flexibility index (Phi) is 4.90. The molecule has 2 amide bonds. The molecule has 1 aromatic carbocycles. The summed E-state index contributed by atoms with van der Waals surface area (Å²) in [6.45, 7) is 5.29. The van der Waals surface area contributed by atoms with Crippen LogP contribution in [0.25, 0.3) is 0 Å². The van der Waals surface area contributed by atoms with E-state index in [1.54, 1.807) is 19.1 Å². The molecule has 0 aliphatic carbocycles. The molecule has 1 unspecified atom stereocenters. The third kappa shape index (κ3) is 3.21. The van der Waals surface area contributed by atoms with Crippen molar-refractivity contribution in [3.8, 4) is 0 Å². The molecule has 0 radical (unpaired) electrons. The van der Waals surface area contributed by atoms with Gasteiger partial charge in [0.1, 0.15) is 11.9 Å². The highest BCUT2D eigenvalue weighted by atomic mass is 19.1. The van der Waals surface area contributed by atoms with Crippen molar-refractivity contribution in [3.63, 3.8) is 0 Å². The summed E-state index contributed by atoms with van der Waals surface area (Å²) in [6, 6.07) is 4.12. The van der Waals surface area contributed by atoms with E-state index in [1.165, 1.54) is 11.0 Å². The zero-order valence-electron chi connectivity index (χ0n) is 12.3. The van der Waals surface area contributed by atoms with Crippen LogP contribution in [0.2, 0.25) is 0 Å². The maximum Gasteiger partial charge on any atom is 0.257 e. The topological polar surface area (TPSA) is 61.4 Å². The highest BCUT2D eigenvalue weighted by Gasteiger charge is 2.33. The fourth-order valence-corrected chi connectivity index (χ4v) is 2.44. The van der Waals surface area contributed by atoms with Gasteiger partial charge in [-0.2, -0.15) is 0 Å². The van der Waals surface area contributed by atoms with Gasteiger partial charge in [0.15, 0.2) is 0 Å². The van der Waals surface area contributed by atoms with Crippen molar-refractivity contribution in [2.45, 2.75) is 19.9 Å². The van der Waals surface area contributed by atoms with E-state index in [1.807, 2.05) is 6.92 Å². The SMILES string of the molecule is CCNC(=O)C1CNCCN1C(=O)c1cccc(C)c1F. The number of carbonyl (C=O) groups is 2. The molecule has 1 aliphatic heterocycles. The summed E-state index contributed by atoms with van der Waals surface area (Å²) in [5.41, 5.74) is 0.441. The number of hydrogen-bond acceptors (Lipinski definition) is 3. The van der Waals surface area contributed by atoms with Crippen molar-refractivity contribution in [3.05, 3.63) is 35.1 Å². The molecular weight excluding hydrogens is 273 g/mol. The van der Waals surface area contributed by atoms with Crippen LogP contribution in [-0.2, 0) is 4.79 Å². The highest BCUT2D eigenvalue weighted by Crippen LogP contribution is 2.16. The van der Waals surface area contributed by atoms with Crippen LogP contribution in [0.4, 0.5) is 4.39 Å². The van der Waals surface area contributed by atoms with E-state index in [2.05, 4.69) is 10.6 Å². The normalized spacial score (nSPS) is 18.4. The van der Waals surface area contributed by atoms with Crippen molar-refractivity contribution < 1.29 is 14.0 Å². The summed E-state index contributed by atoms with van der Waals surface area (Å²) in [6.07, 6.45) is 0. The zero-order valence-corrected chi connectivity index (χ0v) is 12.3. The molecule has 21 heavy (non-hydrogen) atoms. The lowest BCUT2D eigenvalue weighted by Crippen LogP contribution is -2.59. The quantitative estimate of drug-likeness (QED) is 0.862. The maximum atomic E-state index is 14.1. The number of nitrogens with one attached hydrogen (secondary N) is 2. The first-order chi connectivity index (χ1) is 10.1. The van der Waals surface area contributed by atoms with Gasteiger partial charge in [-0.15, -0.1) is 0 Å². The van der Waals surface area contributed by atoms with Gasteiger partial charge < -0.3 is 15.5 Å². The van der Waals surface area contributed by atoms with Crippen LogP contribution in [0.3, 0.4) is 0 Å². The fourth-order valence-electron chi connectivity index (χ4n) is 2.44. The lowest BCUT2D eigenvalue weighted by Gasteiger charge is -2.35. The van der Waals surface area contributed by atoms with E-state index in [9.17, 15) is 14.0 Å². The Labute approximate surface area is 123 Å². The minimum atomic E-state index is -0.605. The van der Waals surface area contributed by atoms with Crippen molar-refractivity contribution in [1.29, 1.82) is 0 Å². The van der Waals surface area contributed by atoms with Gasteiger partial charge in [-0.1, -0.05) is 12.1 Å². The molecule has 114 valence electrons. The number of benzene rings is 1. The minimum Gasteiger partial charge on any atom is -0.355 e. The molecule has 5 nitrogen and oxygen atoms in total. The number of piperazine rings is 1. The second-order valence-electron chi connectivity index (χ2n) is 5.05. The average molecular weight is 293 g/mol. The number of rotatable bonds is 3. The number of likely N-dealkylation sites (N-methyl/N-ethyl adjacent to an activating group) is 1. The molecule has 0 saturated carbocycles. The van der Waals surface area contributed by atoms with Crippen LogP contribution in [0.1, 0.15) is 22.8 Å². The van der Waals surface area contributed by atoms with Gasteiger partial charge >= 0.3 is 0 Å². The number of hydrogen-bond donors (Lipinski definition) is 2. The Bertz CT molecular complexity index is 548. The second kappa shape index (κ2) is 6.67. The number of nitrogens with zero attached hydrogens (tertiary/aromatic N) is 1. The van der Waals surface area contributed by atoms with Gasteiger partial charge in [0.2, 0.25) is 5.91 Å². The third-order valence-corrected chi connectivity index (χ3v) is 3.58. The molecule has 1 heterocycles. The molecule has 0 bridgehead atoms. The van der Waals surface area contributed by atoms with Gasteiger partial charge in [0.05, 0.1) is 5.56 Å². The molecule has 1 atom stereocenters. The first-order valence-electron chi connectivity index (χ1n) is 7.10. The standard InChI is InChI=1S/C15H20FN3O2/c1-3-18-14(20)12-9-17-7-8-19(12)15(21)11-6-4-5-10(2)13(11)16/h4-6,12,17H,3,7-9H2,1-2H3,(H,18,20). The molecular formula is C15H20FN3O2. The van der Waals surface area contributed by atoms with Gasteiger partial charge in [0.25, 0.3) is 5.91 Å². The molecule has 1 saturated heterocycles. The summed E-state index contributed by atoms with van der Waals surface area (Å²) in [4.78, 5) is 26.1. The number of amides is 2. The Morgan fingerprint density at radius 2 is 2.24 bits per heavy atom. The summed E-state index contributed by atoms with van der Waals surface area (Å²) < 4.78 is 14.1. The van der Waals surface area contributed by atoms with Crippen LogP contribution >= 0.6 is 0 Å². The van der Waals surface area contributed by atoms with Gasteiger partial charge in [0, 0.05) is 26.2 Å². The maximum absolute atomic E-state index is 14.1. The van der Waals surface area contributed by atoms with Gasteiger partial charge in [-0.25, -0.2) is 4.39 Å². The van der Waals surface area contributed by atoms with Crippen LogP contribution in [0, 0.1) is 12.7 Å². The molecule has 0 spiro atoms. The second-order valence-corrected chi connectivity index (χ2v) is 5.05. The molecule has 2 rings (SSSR count). The Morgan fingerprint density at radius 3 is 2.95 bits per heavy atom. The monoisotopic (exact) mass is 293 g/mol. The van der Waals surface area contributed by atoms with Crippen molar-refractivity contribution in [2.24, 2.45) is 0 Å². The lowest BCUT2D eigenvalue weighted by atomic mass is 10.1. The van der Waals surface area contributed by atoms with E-state index < -0.39 is 17.8 Å². The summed E-state index contributed by atoms with van der Waals surface area (Å²) in [7, 11) is 0. The Hall–Kier alpha value is -1.95. The lowest BCUT2D eigenvalue weighted by molar-refractivity contribution is -0.126. The van der Waals surface area contributed by atoms with Crippen molar-refractivity contribution in [2.75, 3.05) is 26.2 Å². The van der Waals surface area contributed by atoms with E-state index in [0.717, 1.165) is 0 Å². The van der Waals surface area contributed by atoms with E-state index in [4.69, 9.17) is 0 Å². The summed E-state index contributed by atoms with van der Waals surface area (Å²) in [5.74, 6) is -1.17. The largest absolute Gasteiger partial charge is 0.355 e.